The molecular formula is C53H32N2O2. The minimum atomic E-state index is 0.890. The van der Waals surface area contributed by atoms with Crippen LogP contribution in [0.2, 0.25) is 0 Å². The van der Waals surface area contributed by atoms with E-state index < -0.39 is 0 Å². The minimum absolute atomic E-state index is 0.890. The Hall–Kier alpha value is -7.69. The standard InChI is InChI=1S/C53H32N2O2/c1-3-7-50-46(5-1)48-28-38-17-21-44(26-40(38)30-52(48)56-50)55(45-22-18-39-29-49-47-6-2-4-8-51(47)57-53(49)31-41(39)27-45)43-19-15-34(16-20-43)33-9-11-35(12-10-33)37-14-13-36-23-24-54-32-42(36)25-37/h1-32H. The summed E-state index contributed by atoms with van der Waals surface area (Å²) in [5.74, 6) is 0. The number of para-hydroxylation sites is 2. The highest BCUT2D eigenvalue weighted by Crippen LogP contribution is 2.41. The van der Waals surface area contributed by atoms with Crippen LogP contribution in [0.25, 0.3) is 98.4 Å². The molecule has 4 heteroatoms. The van der Waals surface area contributed by atoms with Crippen molar-refractivity contribution in [3.63, 3.8) is 0 Å². The molecule has 12 rings (SSSR count). The van der Waals surface area contributed by atoms with Gasteiger partial charge in [-0.1, -0.05) is 97.1 Å². The second-order valence-corrected chi connectivity index (χ2v) is 14.9. The van der Waals surface area contributed by atoms with Crippen LogP contribution in [-0.2, 0) is 0 Å². The van der Waals surface area contributed by atoms with Crippen molar-refractivity contribution in [2.45, 2.75) is 0 Å². The zero-order valence-electron chi connectivity index (χ0n) is 30.7. The second kappa shape index (κ2) is 12.4. The first-order valence-corrected chi connectivity index (χ1v) is 19.2. The maximum absolute atomic E-state index is 6.31. The molecule has 0 bridgehead atoms. The number of pyridine rings is 1. The molecule has 3 heterocycles. The van der Waals surface area contributed by atoms with Gasteiger partial charge in [0.25, 0.3) is 0 Å². The molecule has 0 unspecified atom stereocenters. The predicted octanol–water partition coefficient (Wildman–Crippen LogP) is 15.1. The number of rotatable bonds is 5. The van der Waals surface area contributed by atoms with Crippen molar-refractivity contribution in [3.8, 4) is 22.3 Å². The van der Waals surface area contributed by atoms with Gasteiger partial charge in [0.2, 0.25) is 0 Å². The number of benzene rings is 9. The summed E-state index contributed by atoms with van der Waals surface area (Å²) in [6.45, 7) is 0. The van der Waals surface area contributed by atoms with Crippen molar-refractivity contribution in [3.05, 3.63) is 194 Å². The number of anilines is 3. The molecule has 3 aromatic heterocycles. The number of fused-ring (bicyclic) bond motifs is 9. The minimum Gasteiger partial charge on any atom is -0.456 e. The predicted molar refractivity (Wildman–Crippen MR) is 237 cm³/mol. The first-order chi connectivity index (χ1) is 28.2. The normalized spacial score (nSPS) is 11.9. The van der Waals surface area contributed by atoms with E-state index in [0.29, 0.717) is 0 Å². The van der Waals surface area contributed by atoms with Gasteiger partial charge in [0.15, 0.2) is 0 Å². The maximum Gasteiger partial charge on any atom is 0.136 e. The monoisotopic (exact) mass is 728 g/mol. The SMILES string of the molecule is c1ccc2c(c1)oc1cc3cc(N(c4ccc(-c5ccc(-c6ccc7ccncc7c6)cc5)cc4)c4ccc5cc6c(cc5c4)oc4ccccc46)ccc3cc12. The Kier molecular flexibility index (Phi) is 6.89. The summed E-state index contributed by atoms with van der Waals surface area (Å²) in [7, 11) is 0. The molecule has 57 heavy (non-hydrogen) atoms. The van der Waals surface area contributed by atoms with Crippen molar-refractivity contribution >= 4 is 93.3 Å². The molecule has 0 aliphatic rings. The van der Waals surface area contributed by atoms with Gasteiger partial charge in [-0.25, -0.2) is 0 Å². The highest BCUT2D eigenvalue weighted by atomic mass is 16.3. The zero-order chi connectivity index (χ0) is 37.5. The molecule has 0 fully saturated rings. The molecule has 0 spiro atoms. The fraction of sp³-hybridized carbons (Fsp3) is 0. The summed E-state index contributed by atoms with van der Waals surface area (Å²) >= 11 is 0. The molecule has 4 nitrogen and oxygen atoms in total. The van der Waals surface area contributed by atoms with Crippen LogP contribution in [-0.4, -0.2) is 4.98 Å². The molecule has 266 valence electrons. The van der Waals surface area contributed by atoms with Crippen molar-refractivity contribution in [2.75, 3.05) is 4.90 Å². The van der Waals surface area contributed by atoms with E-state index in [-0.39, 0.29) is 0 Å². The second-order valence-electron chi connectivity index (χ2n) is 14.9. The lowest BCUT2D eigenvalue weighted by atomic mass is 9.98. The fourth-order valence-corrected chi connectivity index (χ4v) is 8.56. The van der Waals surface area contributed by atoms with Crippen LogP contribution in [0.1, 0.15) is 0 Å². The fourth-order valence-electron chi connectivity index (χ4n) is 8.56. The van der Waals surface area contributed by atoms with Crippen LogP contribution >= 0.6 is 0 Å². The van der Waals surface area contributed by atoms with Gasteiger partial charge in [-0.3, -0.25) is 4.98 Å². The van der Waals surface area contributed by atoms with E-state index in [0.717, 1.165) is 82.7 Å². The number of nitrogens with zero attached hydrogens (tertiary/aromatic N) is 2. The maximum atomic E-state index is 6.31. The summed E-state index contributed by atoms with van der Waals surface area (Å²) in [5, 5.41) is 11.4. The lowest BCUT2D eigenvalue weighted by Gasteiger charge is -2.26. The molecule has 0 aliphatic heterocycles. The molecule has 0 aliphatic carbocycles. The highest BCUT2D eigenvalue weighted by molar-refractivity contribution is 6.12. The molecule has 9 aromatic carbocycles. The van der Waals surface area contributed by atoms with Gasteiger partial charge in [0.1, 0.15) is 22.3 Å². The molecule has 0 atom stereocenters. The smallest absolute Gasteiger partial charge is 0.136 e. The van der Waals surface area contributed by atoms with E-state index in [2.05, 4.69) is 162 Å². The lowest BCUT2D eigenvalue weighted by Crippen LogP contribution is -2.09. The summed E-state index contributed by atoms with van der Waals surface area (Å²) < 4.78 is 12.6. The van der Waals surface area contributed by atoms with Crippen molar-refractivity contribution in [2.24, 2.45) is 0 Å². The average Bonchev–Trinajstić information content (AvgIpc) is 3.82. The van der Waals surface area contributed by atoms with E-state index in [1.54, 1.807) is 0 Å². The van der Waals surface area contributed by atoms with Crippen molar-refractivity contribution in [1.29, 1.82) is 0 Å². The molecule has 0 amide bonds. The van der Waals surface area contributed by atoms with Crippen LogP contribution in [0.4, 0.5) is 17.1 Å². The lowest BCUT2D eigenvalue weighted by molar-refractivity contribution is 0.669. The first kappa shape index (κ1) is 31.6. The Labute approximate surface area is 327 Å². The number of hydrogen-bond donors (Lipinski definition) is 0. The Morgan fingerprint density at radius 3 is 1.40 bits per heavy atom. The molecule has 0 saturated carbocycles. The van der Waals surface area contributed by atoms with Gasteiger partial charge in [-0.05, 0) is 134 Å². The van der Waals surface area contributed by atoms with Gasteiger partial charge >= 0.3 is 0 Å². The van der Waals surface area contributed by atoms with Crippen LogP contribution < -0.4 is 4.90 Å². The molecular weight excluding hydrogens is 697 g/mol. The Morgan fingerprint density at radius 1 is 0.316 bits per heavy atom. The van der Waals surface area contributed by atoms with Gasteiger partial charge in [-0.15, -0.1) is 0 Å². The Bertz CT molecular complexity index is 3370. The van der Waals surface area contributed by atoms with E-state index in [9.17, 15) is 0 Å². The highest BCUT2D eigenvalue weighted by Gasteiger charge is 2.17. The third-order valence-electron chi connectivity index (χ3n) is 11.5. The quantitative estimate of drug-likeness (QED) is 0.177. The Morgan fingerprint density at radius 2 is 0.807 bits per heavy atom. The first-order valence-electron chi connectivity index (χ1n) is 19.2. The largest absolute Gasteiger partial charge is 0.456 e. The van der Waals surface area contributed by atoms with Crippen molar-refractivity contribution < 1.29 is 8.83 Å². The van der Waals surface area contributed by atoms with Gasteiger partial charge in [0.05, 0.1) is 0 Å². The van der Waals surface area contributed by atoms with Gasteiger partial charge < -0.3 is 13.7 Å². The summed E-state index contributed by atoms with van der Waals surface area (Å²) in [4.78, 5) is 6.65. The molecule has 0 radical (unpaired) electrons. The van der Waals surface area contributed by atoms with Crippen LogP contribution in [0.15, 0.2) is 203 Å². The number of hydrogen-bond acceptors (Lipinski definition) is 4. The summed E-state index contributed by atoms with van der Waals surface area (Å²) in [6.07, 6.45) is 3.76. The summed E-state index contributed by atoms with van der Waals surface area (Å²) in [6, 6.07) is 65.1. The van der Waals surface area contributed by atoms with E-state index in [1.807, 2.05) is 42.7 Å². The molecule has 0 saturated heterocycles. The van der Waals surface area contributed by atoms with Gasteiger partial charge in [-0.2, -0.15) is 0 Å². The third-order valence-corrected chi connectivity index (χ3v) is 11.5. The van der Waals surface area contributed by atoms with E-state index in [4.69, 9.17) is 8.83 Å². The average molecular weight is 729 g/mol. The Balaban J connectivity index is 0.956. The zero-order valence-corrected chi connectivity index (χ0v) is 30.7. The van der Waals surface area contributed by atoms with E-state index in [1.165, 1.54) is 32.8 Å². The van der Waals surface area contributed by atoms with Crippen molar-refractivity contribution in [1.82, 2.24) is 4.98 Å². The molecule has 0 N–H and O–H groups in total. The number of aromatic nitrogens is 1. The summed E-state index contributed by atoms with van der Waals surface area (Å²) in [5.41, 5.74) is 11.5. The number of furan rings is 2. The van der Waals surface area contributed by atoms with Crippen LogP contribution in [0, 0.1) is 0 Å². The van der Waals surface area contributed by atoms with Crippen LogP contribution in [0.5, 0.6) is 0 Å². The molecule has 12 aromatic rings. The topological polar surface area (TPSA) is 42.4 Å². The van der Waals surface area contributed by atoms with E-state index >= 15 is 0 Å². The van der Waals surface area contributed by atoms with Crippen LogP contribution in [0.3, 0.4) is 0 Å². The third kappa shape index (κ3) is 5.26. The van der Waals surface area contributed by atoms with Gasteiger partial charge in [0, 0.05) is 56.4 Å².